The monoisotopic (exact) mass is 419 g/mol. The Hall–Kier alpha value is -4.20. The van der Waals surface area contributed by atoms with Crippen molar-refractivity contribution < 1.29 is 28.3 Å². The highest BCUT2D eigenvalue weighted by Crippen LogP contribution is 2.29. The van der Waals surface area contributed by atoms with E-state index in [0.717, 1.165) is 7.11 Å². The second kappa shape index (κ2) is 7.56. The number of para-hydroxylation sites is 1. The number of aryl methyl sites for hydroxylation is 1. The van der Waals surface area contributed by atoms with Gasteiger partial charge in [0.25, 0.3) is 0 Å². The van der Waals surface area contributed by atoms with Gasteiger partial charge in [-0.2, -0.15) is 0 Å². The molecule has 3 heterocycles. The topological polar surface area (TPSA) is 104 Å². The molecule has 0 atom stereocenters. The maximum absolute atomic E-state index is 13.6. The van der Waals surface area contributed by atoms with E-state index in [1.54, 1.807) is 49.4 Å². The van der Waals surface area contributed by atoms with Gasteiger partial charge < -0.3 is 18.3 Å². The van der Waals surface area contributed by atoms with Crippen LogP contribution in [0, 0.1) is 6.92 Å². The standard InChI is InChI=1S/C23H17NO7/c1-12-7-6-9-15-17(22(27)29-2)18(23(28)30-3)19(24(12)15)20(25)14-11-13-8-4-5-10-16(13)31-21(14)26/h4-11H,1-3H3. The van der Waals surface area contributed by atoms with Crippen molar-refractivity contribution in [1.29, 1.82) is 0 Å². The average Bonchev–Trinajstić information content (AvgIpc) is 3.13. The maximum atomic E-state index is 13.6. The van der Waals surface area contributed by atoms with Crippen LogP contribution < -0.4 is 5.63 Å². The number of nitrogens with zero attached hydrogens (tertiary/aromatic N) is 1. The van der Waals surface area contributed by atoms with Crippen LogP contribution in [0.15, 0.2) is 57.7 Å². The van der Waals surface area contributed by atoms with Gasteiger partial charge in [-0.3, -0.25) is 4.79 Å². The number of pyridine rings is 1. The van der Waals surface area contributed by atoms with E-state index < -0.39 is 23.3 Å². The van der Waals surface area contributed by atoms with E-state index in [0.29, 0.717) is 16.7 Å². The zero-order chi connectivity index (χ0) is 22.3. The fraction of sp³-hybridized carbons (Fsp3) is 0.130. The first-order chi connectivity index (χ1) is 14.9. The molecule has 0 fully saturated rings. The smallest absolute Gasteiger partial charge is 0.347 e. The van der Waals surface area contributed by atoms with Gasteiger partial charge >= 0.3 is 17.6 Å². The van der Waals surface area contributed by atoms with Crippen molar-refractivity contribution >= 4 is 34.2 Å². The molecule has 4 aromatic rings. The summed E-state index contributed by atoms with van der Waals surface area (Å²) in [5, 5.41) is 0.538. The molecule has 8 nitrogen and oxygen atoms in total. The first-order valence-electron chi connectivity index (χ1n) is 9.27. The SMILES string of the molecule is COC(=O)c1c(C(=O)OC)c2cccc(C)n2c1C(=O)c1cc2ccccc2oc1=O. The Morgan fingerprint density at radius 3 is 2.29 bits per heavy atom. The molecule has 31 heavy (non-hydrogen) atoms. The van der Waals surface area contributed by atoms with Gasteiger partial charge in [0.2, 0.25) is 5.78 Å². The van der Waals surface area contributed by atoms with Crippen molar-refractivity contribution in [2.45, 2.75) is 6.92 Å². The van der Waals surface area contributed by atoms with Crippen molar-refractivity contribution in [3.8, 4) is 0 Å². The number of hydrogen-bond donors (Lipinski definition) is 0. The minimum Gasteiger partial charge on any atom is -0.465 e. The van der Waals surface area contributed by atoms with Crippen LogP contribution in [0.4, 0.5) is 0 Å². The Morgan fingerprint density at radius 1 is 0.903 bits per heavy atom. The summed E-state index contributed by atoms with van der Waals surface area (Å²) in [6, 6.07) is 13.1. The Morgan fingerprint density at radius 2 is 1.58 bits per heavy atom. The van der Waals surface area contributed by atoms with Gasteiger partial charge in [0.1, 0.15) is 28.0 Å². The molecule has 0 aliphatic carbocycles. The summed E-state index contributed by atoms with van der Waals surface area (Å²) < 4.78 is 16.4. The summed E-state index contributed by atoms with van der Waals surface area (Å²) in [5.41, 5.74) is -0.544. The zero-order valence-corrected chi connectivity index (χ0v) is 16.9. The summed E-state index contributed by atoms with van der Waals surface area (Å²) in [7, 11) is 2.30. The van der Waals surface area contributed by atoms with E-state index in [1.165, 1.54) is 17.6 Å². The van der Waals surface area contributed by atoms with E-state index in [9.17, 15) is 19.2 Å². The van der Waals surface area contributed by atoms with Gasteiger partial charge in [-0.1, -0.05) is 24.3 Å². The molecule has 0 N–H and O–H groups in total. The Labute approximate surface area is 175 Å². The third kappa shape index (κ3) is 3.09. The highest BCUT2D eigenvalue weighted by Gasteiger charge is 2.34. The maximum Gasteiger partial charge on any atom is 0.347 e. The number of hydrogen-bond acceptors (Lipinski definition) is 7. The first kappa shape index (κ1) is 20.1. The molecule has 0 radical (unpaired) electrons. The Kier molecular flexibility index (Phi) is 4.90. The zero-order valence-electron chi connectivity index (χ0n) is 16.9. The lowest BCUT2D eigenvalue weighted by Gasteiger charge is -2.08. The summed E-state index contributed by atoms with van der Waals surface area (Å²) in [5.74, 6) is -2.50. The summed E-state index contributed by atoms with van der Waals surface area (Å²) in [6.07, 6.45) is 0. The predicted molar refractivity (Wildman–Crippen MR) is 111 cm³/mol. The van der Waals surface area contributed by atoms with Gasteiger partial charge in [-0.15, -0.1) is 0 Å². The normalized spacial score (nSPS) is 10.9. The van der Waals surface area contributed by atoms with Crippen LogP contribution in [0.2, 0.25) is 0 Å². The number of aromatic nitrogens is 1. The van der Waals surface area contributed by atoms with Crippen LogP contribution in [0.25, 0.3) is 16.5 Å². The highest BCUT2D eigenvalue weighted by molar-refractivity contribution is 6.20. The van der Waals surface area contributed by atoms with Gasteiger partial charge in [-0.05, 0) is 31.2 Å². The van der Waals surface area contributed by atoms with Crippen molar-refractivity contribution in [3.63, 3.8) is 0 Å². The summed E-state index contributed by atoms with van der Waals surface area (Å²) in [4.78, 5) is 51.5. The third-order valence-electron chi connectivity index (χ3n) is 5.03. The lowest BCUT2D eigenvalue weighted by atomic mass is 10.0. The fourth-order valence-electron chi connectivity index (χ4n) is 3.64. The number of benzene rings is 1. The average molecular weight is 419 g/mol. The van der Waals surface area contributed by atoms with Crippen molar-refractivity contribution in [2.75, 3.05) is 14.2 Å². The van der Waals surface area contributed by atoms with E-state index in [-0.39, 0.29) is 27.9 Å². The molecule has 0 aliphatic heterocycles. The number of esters is 2. The number of carbonyl (C=O) groups is 3. The van der Waals surface area contributed by atoms with Gasteiger partial charge in [0.05, 0.1) is 19.7 Å². The molecule has 8 heteroatoms. The lowest BCUT2D eigenvalue weighted by molar-refractivity contribution is 0.0556. The molecule has 3 aromatic heterocycles. The van der Waals surface area contributed by atoms with E-state index in [1.807, 2.05) is 0 Å². The minimum absolute atomic E-state index is 0.119. The van der Waals surface area contributed by atoms with Crippen LogP contribution in [0.5, 0.6) is 0 Å². The third-order valence-corrected chi connectivity index (χ3v) is 5.03. The van der Waals surface area contributed by atoms with Crippen molar-refractivity contribution in [3.05, 3.63) is 87.0 Å². The number of methoxy groups -OCH3 is 2. The first-order valence-corrected chi connectivity index (χ1v) is 9.27. The van der Waals surface area contributed by atoms with Crippen LogP contribution in [-0.2, 0) is 9.47 Å². The Bertz CT molecular complexity index is 1440. The van der Waals surface area contributed by atoms with Crippen LogP contribution in [-0.4, -0.2) is 36.3 Å². The molecule has 0 unspecified atom stereocenters. The summed E-state index contributed by atoms with van der Waals surface area (Å²) in [6.45, 7) is 1.70. The molecule has 1 aromatic carbocycles. The number of carbonyl (C=O) groups excluding carboxylic acids is 3. The second-order valence-electron chi connectivity index (χ2n) is 6.78. The quantitative estimate of drug-likeness (QED) is 0.284. The molecule has 0 aliphatic rings. The minimum atomic E-state index is -0.906. The molecular formula is C23H17NO7. The number of fused-ring (bicyclic) bond motifs is 2. The lowest BCUT2D eigenvalue weighted by Crippen LogP contribution is -2.20. The van der Waals surface area contributed by atoms with Crippen molar-refractivity contribution in [1.82, 2.24) is 4.40 Å². The van der Waals surface area contributed by atoms with Gasteiger partial charge in [-0.25, -0.2) is 14.4 Å². The number of ketones is 1. The van der Waals surface area contributed by atoms with E-state index in [2.05, 4.69) is 0 Å². The molecule has 4 rings (SSSR count). The molecule has 156 valence electrons. The van der Waals surface area contributed by atoms with Crippen molar-refractivity contribution in [2.24, 2.45) is 0 Å². The van der Waals surface area contributed by atoms with E-state index in [4.69, 9.17) is 13.9 Å². The molecular weight excluding hydrogens is 402 g/mol. The Balaban J connectivity index is 2.11. The van der Waals surface area contributed by atoms with Crippen LogP contribution >= 0.6 is 0 Å². The van der Waals surface area contributed by atoms with Gasteiger partial charge in [0.15, 0.2) is 0 Å². The fourth-order valence-corrected chi connectivity index (χ4v) is 3.64. The summed E-state index contributed by atoms with van der Waals surface area (Å²) >= 11 is 0. The molecule has 0 saturated carbocycles. The largest absolute Gasteiger partial charge is 0.465 e. The highest BCUT2D eigenvalue weighted by atomic mass is 16.5. The number of ether oxygens (including phenoxy) is 2. The molecule has 0 amide bonds. The van der Waals surface area contributed by atoms with Crippen LogP contribution in [0.3, 0.4) is 0 Å². The van der Waals surface area contributed by atoms with Gasteiger partial charge in [0, 0.05) is 11.1 Å². The van der Waals surface area contributed by atoms with Crippen LogP contribution in [0.1, 0.15) is 42.5 Å². The second-order valence-corrected chi connectivity index (χ2v) is 6.78. The molecule has 0 spiro atoms. The molecule has 0 saturated heterocycles. The van der Waals surface area contributed by atoms with E-state index >= 15 is 0 Å². The molecule has 0 bridgehead atoms. The number of rotatable bonds is 4. The predicted octanol–water partition coefficient (Wildman–Crippen LogP) is 3.16.